The molecule has 2 aromatic carbocycles. The van der Waals surface area contributed by atoms with E-state index in [0.717, 1.165) is 17.8 Å². The Morgan fingerprint density at radius 2 is 2.00 bits per heavy atom. The molecule has 0 aliphatic heterocycles. The molecule has 1 N–H and O–H groups in total. The van der Waals surface area contributed by atoms with Crippen LogP contribution in [0, 0.1) is 0 Å². The molecular formula is C17H15ClN4. The van der Waals surface area contributed by atoms with E-state index in [9.17, 15) is 0 Å². The van der Waals surface area contributed by atoms with E-state index in [-0.39, 0.29) is 0 Å². The molecular weight excluding hydrogens is 296 g/mol. The molecule has 4 nitrogen and oxygen atoms in total. The molecule has 0 aliphatic rings. The molecule has 0 atom stereocenters. The first-order chi connectivity index (χ1) is 10.8. The fourth-order valence-corrected chi connectivity index (χ4v) is 2.23. The average molecular weight is 311 g/mol. The molecule has 0 saturated heterocycles. The van der Waals surface area contributed by atoms with E-state index in [0.29, 0.717) is 5.02 Å². The van der Waals surface area contributed by atoms with E-state index < -0.39 is 0 Å². The summed E-state index contributed by atoms with van der Waals surface area (Å²) in [5, 5.41) is 9.19. The number of benzene rings is 2. The summed E-state index contributed by atoms with van der Waals surface area (Å²) in [6, 6.07) is 17.6. The van der Waals surface area contributed by atoms with Crippen LogP contribution in [0.1, 0.15) is 11.1 Å². The Bertz CT molecular complexity index is 765. The number of rotatable bonds is 5. The first-order valence-corrected chi connectivity index (χ1v) is 7.28. The van der Waals surface area contributed by atoms with Crippen molar-refractivity contribution in [3.63, 3.8) is 0 Å². The zero-order valence-electron chi connectivity index (χ0n) is 11.9. The summed E-state index contributed by atoms with van der Waals surface area (Å²) >= 11 is 5.92. The van der Waals surface area contributed by atoms with Gasteiger partial charge in [0.1, 0.15) is 0 Å². The minimum atomic E-state index is 0.677. The number of hydrogen-bond donors (Lipinski definition) is 1. The maximum absolute atomic E-state index is 5.92. The molecule has 0 bridgehead atoms. The second-order valence-electron chi connectivity index (χ2n) is 4.84. The Morgan fingerprint density at radius 3 is 2.82 bits per heavy atom. The highest BCUT2D eigenvalue weighted by Crippen LogP contribution is 2.14. The third kappa shape index (κ3) is 3.96. The van der Waals surface area contributed by atoms with Crippen molar-refractivity contribution in [2.24, 2.45) is 5.10 Å². The lowest BCUT2D eigenvalue weighted by atomic mass is 10.2. The summed E-state index contributed by atoms with van der Waals surface area (Å²) < 4.78 is 1.88. The van der Waals surface area contributed by atoms with Crippen molar-refractivity contribution in [2.75, 3.05) is 5.43 Å². The van der Waals surface area contributed by atoms with Crippen LogP contribution in [0.2, 0.25) is 5.02 Å². The third-order valence-corrected chi connectivity index (χ3v) is 3.31. The van der Waals surface area contributed by atoms with Gasteiger partial charge in [-0.3, -0.25) is 10.1 Å². The number of nitrogens with one attached hydrogen (secondary N) is 1. The van der Waals surface area contributed by atoms with E-state index in [4.69, 9.17) is 11.6 Å². The Morgan fingerprint density at radius 1 is 1.14 bits per heavy atom. The molecule has 110 valence electrons. The maximum atomic E-state index is 5.92. The summed E-state index contributed by atoms with van der Waals surface area (Å²) in [4.78, 5) is 0. The zero-order chi connectivity index (χ0) is 15.2. The first-order valence-electron chi connectivity index (χ1n) is 6.91. The van der Waals surface area contributed by atoms with Gasteiger partial charge in [0.25, 0.3) is 0 Å². The van der Waals surface area contributed by atoms with Crippen molar-refractivity contribution in [1.29, 1.82) is 0 Å². The number of hydrazone groups is 1. The lowest BCUT2D eigenvalue weighted by Crippen LogP contribution is -1.99. The van der Waals surface area contributed by atoms with Gasteiger partial charge in [-0.1, -0.05) is 48.0 Å². The van der Waals surface area contributed by atoms with Gasteiger partial charge in [-0.05, 0) is 23.8 Å². The van der Waals surface area contributed by atoms with E-state index in [1.807, 2.05) is 53.3 Å². The molecule has 1 aromatic heterocycles. The summed E-state index contributed by atoms with van der Waals surface area (Å²) in [6.45, 7) is 0.746. The van der Waals surface area contributed by atoms with Crippen LogP contribution in [0.25, 0.3) is 0 Å². The smallest absolute Gasteiger partial charge is 0.0659 e. The Kier molecular flexibility index (Phi) is 4.51. The number of halogens is 1. The average Bonchev–Trinajstić information content (AvgIpc) is 2.96. The van der Waals surface area contributed by atoms with Crippen LogP contribution in [0.3, 0.4) is 0 Å². The Hall–Kier alpha value is -2.59. The molecule has 0 amide bonds. The third-order valence-electron chi connectivity index (χ3n) is 3.07. The summed E-state index contributed by atoms with van der Waals surface area (Å²) in [5.41, 5.74) is 5.94. The molecule has 0 spiro atoms. The largest absolute Gasteiger partial charge is 0.278 e. The van der Waals surface area contributed by atoms with Gasteiger partial charge < -0.3 is 0 Å². The van der Waals surface area contributed by atoms with Crippen molar-refractivity contribution >= 4 is 23.5 Å². The zero-order valence-corrected chi connectivity index (χ0v) is 12.6. The van der Waals surface area contributed by atoms with Crippen LogP contribution >= 0.6 is 11.6 Å². The van der Waals surface area contributed by atoms with Crippen LogP contribution in [0.5, 0.6) is 0 Å². The highest BCUT2D eigenvalue weighted by molar-refractivity contribution is 6.30. The predicted molar refractivity (Wildman–Crippen MR) is 90.4 cm³/mol. The quantitative estimate of drug-likeness (QED) is 0.571. The lowest BCUT2D eigenvalue weighted by molar-refractivity contribution is 0.687. The molecule has 3 rings (SSSR count). The molecule has 22 heavy (non-hydrogen) atoms. The number of nitrogens with zero attached hydrogens (tertiary/aromatic N) is 3. The van der Waals surface area contributed by atoms with Gasteiger partial charge in [-0.25, -0.2) is 0 Å². The highest BCUT2D eigenvalue weighted by Gasteiger charge is 1.97. The molecule has 0 unspecified atom stereocenters. The van der Waals surface area contributed by atoms with Crippen molar-refractivity contribution in [3.8, 4) is 0 Å². The van der Waals surface area contributed by atoms with Gasteiger partial charge in [0.2, 0.25) is 0 Å². The topological polar surface area (TPSA) is 42.2 Å². The number of anilines is 1. The monoisotopic (exact) mass is 310 g/mol. The van der Waals surface area contributed by atoms with Crippen LogP contribution in [0.4, 0.5) is 5.69 Å². The normalized spacial score (nSPS) is 11.0. The van der Waals surface area contributed by atoms with Gasteiger partial charge in [0.05, 0.1) is 24.6 Å². The fraction of sp³-hybridized carbons (Fsp3) is 0.0588. The second kappa shape index (κ2) is 6.91. The Labute approximate surface area is 134 Å². The molecule has 0 saturated carbocycles. The van der Waals surface area contributed by atoms with Crippen molar-refractivity contribution in [2.45, 2.75) is 6.54 Å². The minimum absolute atomic E-state index is 0.677. The molecule has 0 fully saturated rings. The number of hydrogen-bond acceptors (Lipinski definition) is 3. The minimum Gasteiger partial charge on any atom is -0.278 e. The van der Waals surface area contributed by atoms with Gasteiger partial charge in [0.15, 0.2) is 0 Å². The standard InChI is InChI=1S/C17H15ClN4/c18-16-7-4-8-17(9-16)21-19-10-15-11-20-22(13-15)12-14-5-2-1-3-6-14/h1-11,13,21H,12H2/b19-10-. The molecule has 5 heteroatoms. The number of aromatic nitrogens is 2. The SMILES string of the molecule is Clc1cccc(N/N=C\c2cnn(Cc3ccccc3)c2)c1. The molecule has 0 aliphatic carbocycles. The van der Waals surface area contributed by atoms with Gasteiger partial charge >= 0.3 is 0 Å². The first kappa shape index (κ1) is 14.4. The van der Waals surface area contributed by atoms with E-state index in [2.05, 4.69) is 27.8 Å². The fourth-order valence-electron chi connectivity index (χ4n) is 2.04. The summed E-state index contributed by atoms with van der Waals surface area (Å²) in [6.07, 6.45) is 5.47. The van der Waals surface area contributed by atoms with E-state index in [1.54, 1.807) is 12.4 Å². The van der Waals surface area contributed by atoms with Crippen molar-refractivity contribution < 1.29 is 0 Å². The lowest BCUT2D eigenvalue weighted by Gasteiger charge is -2.00. The van der Waals surface area contributed by atoms with Crippen LogP contribution in [0.15, 0.2) is 72.1 Å². The van der Waals surface area contributed by atoms with Crippen LogP contribution in [-0.2, 0) is 6.54 Å². The second-order valence-corrected chi connectivity index (χ2v) is 5.27. The van der Waals surface area contributed by atoms with E-state index >= 15 is 0 Å². The van der Waals surface area contributed by atoms with E-state index in [1.165, 1.54) is 5.56 Å². The van der Waals surface area contributed by atoms with Gasteiger partial charge in [-0.2, -0.15) is 10.2 Å². The van der Waals surface area contributed by atoms with Gasteiger partial charge in [-0.15, -0.1) is 0 Å². The van der Waals surface area contributed by atoms with Crippen LogP contribution in [-0.4, -0.2) is 16.0 Å². The summed E-state index contributed by atoms with van der Waals surface area (Å²) in [5.74, 6) is 0. The highest BCUT2D eigenvalue weighted by atomic mass is 35.5. The maximum Gasteiger partial charge on any atom is 0.0659 e. The summed E-state index contributed by atoms with van der Waals surface area (Å²) in [7, 11) is 0. The van der Waals surface area contributed by atoms with Crippen molar-refractivity contribution in [3.05, 3.63) is 83.1 Å². The Balaban J connectivity index is 1.60. The molecule has 0 radical (unpaired) electrons. The van der Waals surface area contributed by atoms with Gasteiger partial charge in [0, 0.05) is 16.8 Å². The predicted octanol–water partition coefficient (Wildman–Crippen LogP) is 4.03. The van der Waals surface area contributed by atoms with Crippen molar-refractivity contribution in [1.82, 2.24) is 9.78 Å². The van der Waals surface area contributed by atoms with Crippen LogP contribution < -0.4 is 5.43 Å². The molecule has 1 heterocycles. The molecule has 3 aromatic rings.